The molecule has 0 spiro atoms. The Balaban J connectivity index is 2.80. The molecule has 0 saturated heterocycles. The van der Waals surface area contributed by atoms with Crippen LogP contribution < -0.4 is 5.73 Å². The van der Waals surface area contributed by atoms with Crippen molar-refractivity contribution in [2.75, 3.05) is 20.0 Å². The molecule has 0 aliphatic heterocycles. The van der Waals surface area contributed by atoms with Crippen LogP contribution in [0.25, 0.3) is 0 Å². The van der Waals surface area contributed by atoms with Crippen LogP contribution in [0.1, 0.15) is 11.9 Å². The van der Waals surface area contributed by atoms with E-state index in [4.69, 9.17) is 15.2 Å². The summed E-state index contributed by atoms with van der Waals surface area (Å²) in [6.07, 6.45) is 1.27. The minimum Gasteiger partial charge on any atom is -0.384 e. The molecule has 0 aromatic carbocycles. The third kappa shape index (κ3) is 1.93. The summed E-state index contributed by atoms with van der Waals surface area (Å²) in [6, 6.07) is 3.53. The predicted molar refractivity (Wildman–Crippen MR) is 45.4 cm³/mol. The number of ether oxygens (including phenoxy) is 2. The molecule has 0 radical (unpaired) electrons. The lowest BCUT2D eigenvalue weighted by Crippen LogP contribution is -2.04. The number of hydrogen-bond acceptors (Lipinski definition) is 4. The van der Waals surface area contributed by atoms with E-state index in [1.165, 1.54) is 0 Å². The van der Waals surface area contributed by atoms with Crippen LogP contribution in [-0.4, -0.2) is 19.2 Å². The SMILES string of the molecule is COC(OC)c1ccc(N)nc1. The number of pyridine rings is 1. The minimum atomic E-state index is -0.363. The van der Waals surface area contributed by atoms with Gasteiger partial charge >= 0.3 is 0 Å². The highest BCUT2D eigenvalue weighted by molar-refractivity contribution is 5.29. The molecule has 0 aliphatic rings. The summed E-state index contributed by atoms with van der Waals surface area (Å²) >= 11 is 0. The Kier molecular flexibility index (Phi) is 3.01. The number of rotatable bonds is 3. The second-order valence-corrected chi connectivity index (χ2v) is 2.32. The lowest BCUT2D eigenvalue weighted by molar-refractivity contribution is -0.106. The van der Waals surface area contributed by atoms with Crippen molar-refractivity contribution >= 4 is 5.82 Å². The molecule has 1 aromatic heterocycles. The molecule has 66 valence electrons. The Labute approximate surface area is 71.3 Å². The van der Waals surface area contributed by atoms with Gasteiger partial charge in [-0.2, -0.15) is 0 Å². The van der Waals surface area contributed by atoms with E-state index < -0.39 is 0 Å². The summed E-state index contributed by atoms with van der Waals surface area (Å²) < 4.78 is 10.0. The van der Waals surface area contributed by atoms with Crippen molar-refractivity contribution in [3.8, 4) is 0 Å². The van der Waals surface area contributed by atoms with Crippen molar-refractivity contribution < 1.29 is 9.47 Å². The molecule has 0 saturated carbocycles. The Bertz CT molecular complexity index is 231. The minimum absolute atomic E-state index is 0.363. The molecule has 0 bridgehead atoms. The van der Waals surface area contributed by atoms with Gasteiger partial charge in [-0.15, -0.1) is 0 Å². The third-order valence-electron chi connectivity index (χ3n) is 1.51. The van der Waals surface area contributed by atoms with Crippen molar-refractivity contribution in [3.05, 3.63) is 23.9 Å². The average Bonchev–Trinajstić information content (AvgIpc) is 2.10. The number of nitrogen functional groups attached to an aromatic ring is 1. The first-order valence-corrected chi connectivity index (χ1v) is 3.55. The van der Waals surface area contributed by atoms with E-state index in [1.807, 2.05) is 6.07 Å². The lowest BCUT2D eigenvalue weighted by Gasteiger charge is -2.12. The van der Waals surface area contributed by atoms with Crippen LogP contribution in [0.4, 0.5) is 5.82 Å². The Morgan fingerprint density at radius 3 is 2.42 bits per heavy atom. The zero-order valence-electron chi connectivity index (χ0n) is 7.15. The number of anilines is 1. The fourth-order valence-corrected chi connectivity index (χ4v) is 0.925. The zero-order valence-corrected chi connectivity index (χ0v) is 7.15. The van der Waals surface area contributed by atoms with Gasteiger partial charge in [-0.25, -0.2) is 4.98 Å². The Hall–Kier alpha value is -1.13. The maximum atomic E-state index is 5.42. The van der Waals surface area contributed by atoms with Gasteiger partial charge in [-0.05, 0) is 12.1 Å². The summed E-state index contributed by atoms with van der Waals surface area (Å²) in [6.45, 7) is 0. The third-order valence-corrected chi connectivity index (χ3v) is 1.51. The lowest BCUT2D eigenvalue weighted by atomic mass is 10.3. The topological polar surface area (TPSA) is 57.4 Å². The molecule has 0 aliphatic carbocycles. The van der Waals surface area contributed by atoms with Crippen LogP contribution in [0.3, 0.4) is 0 Å². The highest BCUT2D eigenvalue weighted by Gasteiger charge is 2.07. The summed E-state index contributed by atoms with van der Waals surface area (Å²) in [7, 11) is 3.15. The van der Waals surface area contributed by atoms with E-state index >= 15 is 0 Å². The molecule has 0 atom stereocenters. The quantitative estimate of drug-likeness (QED) is 0.683. The van der Waals surface area contributed by atoms with Gasteiger partial charge in [0.25, 0.3) is 0 Å². The summed E-state index contributed by atoms with van der Waals surface area (Å²) in [4.78, 5) is 3.91. The first-order chi connectivity index (χ1) is 5.77. The molecule has 0 amide bonds. The Morgan fingerprint density at radius 1 is 1.33 bits per heavy atom. The summed E-state index contributed by atoms with van der Waals surface area (Å²) in [5, 5.41) is 0. The van der Waals surface area contributed by atoms with Gasteiger partial charge in [0.05, 0.1) is 0 Å². The van der Waals surface area contributed by atoms with Gasteiger partial charge in [-0.3, -0.25) is 0 Å². The number of aromatic nitrogens is 1. The number of nitrogens with two attached hydrogens (primary N) is 1. The van der Waals surface area contributed by atoms with Gasteiger partial charge < -0.3 is 15.2 Å². The van der Waals surface area contributed by atoms with Gasteiger partial charge in [0.1, 0.15) is 5.82 Å². The van der Waals surface area contributed by atoms with E-state index in [0.717, 1.165) is 5.56 Å². The van der Waals surface area contributed by atoms with E-state index in [1.54, 1.807) is 26.5 Å². The molecular weight excluding hydrogens is 156 g/mol. The summed E-state index contributed by atoms with van der Waals surface area (Å²) in [5.41, 5.74) is 6.27. The second kappa shape index (κ2) is 4.04. The van der Waals surface area contributed by atoms with Crippen molar-refractivity contribution in [1.29, 1.82) is 0 Å². The molecule has 0 fully saturated rings. The largest absolute Gasteiger partial charge is 0.384 e. The molecular formula is C8H12N2O2. The van der Waals surface area contributed by atoms with Crippen LogP contribution >= 0.6 is 0 Å². The van der Waals surface area contributed by atoms with Crippen molar-refractivity contribution in [2.45, 2.75) is 6.29 Å². The van der Waals surface area contributed by atoms with Crippen LogP contribution in [0, 0.1) is 0 Å². The van der Waals surface area contributed by atoms with Gasteiger partial charge in [-0.1, -0.05) is 0 Å². The van der Waals surface area contributed by atoms with Crippen molar-refractivity contribution in [3.63, 3.8) is 0 Å². The molecule has 1 heterocycles. The first-order valence-electron chi connectivity index (χ1n) is 3.55. The molecule has 4 nitrogen and oxygen atoms in total. The number of methoxy groups -OCH3 is 2. The standard InChI is InChI=1S/C8H12N2O2/c1-11-8(12-2)6-3-4-7(9)10-5-6/h3-5,8H,1-2H3,(H2,9,10). The molecule has 0 unspecified atom stereocenters. The summed E-state index contributed by atoms with van der Waals surface area (Å²) in [5.74, 6) is 0.490. The highest BCUT2D eigenvalue weighted by Crippen LogP contribution is 2.16. The van der Waals surface area contributed by atoms with E-state index in [0.29, 0.717) is 5.82 Å². The van der Waals surface area contributed by atoms with Crippen LogP contribution in [0.15, 0.2) is 18.3 Å². The molecule has 1 aromatic rings. The van der Waals surface area contributed by atoms with Crippen LogP contribution in [0.5, 0.6) is 0 Å². The number of nitrogens with zero attached hydrogens (tertiary/aromatic N) is 1. The van der Waals surface area contributed by atoms with Crippen LogP contribution in [0.2, 0.25) is 0 Å². The molecule has 4 heteroatoms. The normalized spacial score (nSPS) is 10.6. The zero-order chi connectivity index (χ0) is 8.97. The highest BCUT2D eigenvalue weighted by atomic mass is 16.7. The first kappa shape index (κ1) is 8.96. The van der Waals surface area contributed by atoms with E-state index in [2.05, 4.69) is 4.98 Å². The Morgan fingerprint density at radius 2 is 2.00 bits per heavy atom. The smallest absolute Gasteiger partial charge is 0.184 e. The second-order valence-electron chi connectivity index (χ2n) is 2.32. The molecule has 2 N–H and O–H groups in total. The average molecular weight is 168 g/mol. The van der Waals surface area contributed by atoms with Gasteiger partial charge in [0.2, 0.25) is 0 Å². The van der Waals surface area contributed by atoms with Crippen molar-refractivity contribution in [1.82, 2.24) is 4.98 Å². The fourth-order valence-electron chi connectivity index (χ4n) is 0.925. The number of hydrogen-bond donors (Lipinski definition) is 1. The monoisotopic (exact) mass is 168 g/mol. The molecule has 12 heavy (non-hydrogen) atoms. The van der Waals surface area contributed by atoms with Crippen LogP contribution in [-0.2, 0) is 9.47 Å². The van der Waals surface area contributed by atoms with Crippen molar-refractivity contribution in [2.24, 2.45) is 0 Å². The predicted octanol–water partition coefficient (Wildman–Crippen LogP) is 0.955. The van der Waals surface area contributed by atoms with Gasteiger partial charge in [0.15, 0.2) is 6.29 Å². The fraction of sp³-hybridized carbons (Fsp3) is 0.375. The maximum absolute atomic E-state index is 5.42. The van der Waals surface area contributed by atoms with Gasteiger partial charge in [0, 0.05) is 26.0 Å². The van der Waals surface area contributed by atoms with E-state index in [9.17, 15) is 0 Å². The molecule has 1 rings (SSSR count). The maximum Gasteiger partial charge on any atom is 0.184 e. The van der Waals surface area contributed by atoms with E-state index in [-0.39, 0.29) is 6.29 Å².